The summed E-state index contributed by atoms with van der Waals surface area (Å²) in [6.07, 6.45) is 0. The molecule has 0 spiro atoms. The van der Waals surface area contributed by atoms with E-state index in [-0.39, 0.29) is 5.41 Å². The highest BCUT2D eigenvalue weighted by molar-refractivity contribution is 7.26. The van der Waals surface area contributed by atoms with E-state index >= 15 is 0 Å². The number of thiophene rings is 1. The van der Waals surface area contributed by atoms with Crippen molar-refractivity contribution >= 4 is 53.4 Å². The molecule has 0 atom stereocenters. The van der Waals surface area contributed by atoms with E-state index in [1.807, 2.05) is 18.2 Å². The third-order valence-corrected chi connectivity index (χ3v) is 14.6. The zero-order valence-electron chi connectivity index (χ0n) is 35.7. The molecule has 0 unspecified atom stereocenters. The predicted octanol–water partition coefficient (Wildman–Crippen LogP) is 16.4. The molecule has 3 heterocycles. The summed E-state index contributed by atoms with van der Waals surface area (Å²) in [6.45, 7) is 4.68. The standard InChI is InChI=1S/C60H39N3OS/c1-60(2)49-27-8-6-22-45(49)54-42(23-13-28-50(54)60)40-19-10-18-38(33-40)39-31-32-51-48(35-39)55-46(25-14-29-52(55)64-51)58-61-57(41-20-11-17-37(34-41)36-15-4-3-5-16-36)62-59(63-58)47-26-12-24-44-43-21-7-9-30-53(43)65-56(44)47/h3-35H,1-2H3. The number of nitrogens with zero attached hydrogens (tertiary/aromatic N) is 3. The van der Waals surface area contributed by atoms with Crippen LogP contribution in [0.1, 0.15) is 25.0 Å². The number of benzene rings is 9. The molecule has 0 N–H and O–H groups in total. The van der Waals surface area contributed by atoms with Crippen LogP contribution in [0.15, 0.2) is 205 Å². The Morgan fingerprint density at radius 1 is 0.385 bits per heavy atom. The Labute approximate surface area is 380 Å². The van der Waals surface area contributed by atoms with E-state index in [2.05, 4.69) is 196 Å². The second kappa shape index (κ2) is 14.5. The number of hydrogen-bond acceptors (Lipinski definition) is 5. The van der Waals surface area contributed by atoms with Gasteiger partial charge in [0, 0.05) is 53.1 Å². The van der Waals surface area contributed by atoms with E-state index in [1.54, 1.807) is 11.3 Å². The van der Waals surface area contributed by atoms with Gasteiger partial charge in [-0.3, -0.25) is 0 Å². The summed E-state index contributed by atoms with van der Waals surface area (Å²) in [5.74, 6) is 1.84. The molecular weight excluding hydrogens is 811 g/mol. The monoisotopic (exact) mass is 849 g/mol. The van der Waals surface area contributed by atoms with Crippen LogP contribution in [-0.4, -0.2) is 15.0 Å². The van der Waals surface area contributed by atoms with Crippen molar-refractivity contribution in [3.05, 3.63) is 211 Å². The van der Waals surface area contributed by atoms with Crippen LogP contribution in [0.2, 0.25) is 0 Å². The van der Waals surface area contributed by atoms with Crippen LogP contribution in [-0.2, 0) is 5.41 Å². The first-order chi connectivity index (χ1) is 32.0. The van der Waals surface area contributed by atoms with Gasteiger partial charge in [0.2, 0.25) is 0 Å². The zero-order valence-corrected chi connectivity index (χ0v) is 36.5. The third kappa shape index (κ3) is 6.00. The molecule has 1 aliphatic rings. The molecule has 0 radical (unpaired) electrons. The summed E-state index contributed by atoms with van der Waals surface area (Å²) < 4.78 is 9.01. The number of aromatic nitrogens is 3. The Hall–Kier alpha value is -7.99. The highest BCUT2D eigenvalue weighted by Crippen LogP contribution is 2.52. The molecule has 5 heteroatoms. The molecule has 306 valence electrons. The maximum atomic E-state index is 6.62. The lowest BCUT2D eigenvalue weighted by Crippen LogP contribution is -2.14. The molecule has 1 aliphatic carbocycles. The molecule has 65 heavy (non-hydrogen) atoms. The van der Waals surface area contributed by atoms with Crippen molar-refractivity contribution in [3.63, 3.8) is 0 Å². The fourth-order valence-electron chi connectivity index (χ4n) is 10.2. The van der Waals surface area contributed by atoms with Crippen LogP contribution in [0.3, 0.4) is 0 Å². The van der Waals surface area contributed by atoms with Crippen LogP contribution >= 0.6 is 11.3 Å². The summed E-state index contributed by atoms with van der Waals surface area (Å²) in [7, 11) is 0. The van der Waals surface area contributed by atoms with Gasteiger partial charge >= 0.3 is 0 Å². The van der Waals surface area contributed by atoms with Crippen molar-refractivity contribution in [2.75, 3.05) is 0 Å². The van der Waals surface area contributed by atoms with Gasteiger partial charge < -0.3 is 4.42 Å². The van der Waals surface area contributed by atoms with Crippen molar-refractivity contribution in [2.45, 2.75) is 19.3 Å². The Kier molecular flexibility index (Phi) is 8.39. The van der Waals surface area contributed by atoms with Gasteiger partial charge in [-0.25, -0.2) is 15.0 Å². The van der Waals surface area contributed by atoms with Crippen molar-refractivity contribution in [3.8, 4) is 78.7 Å². The van der Waals surface area contributed by atoms with Crippen LogP contribution < -0.4 is 0 Å². The topological polar surface area (TPSA) is 51.8 Å². The molecule has 0 fully saturated rings. The summed E-state index contributed by atoms with van der Waals surface area (Å²) in [5, 5.41) is 4.41. The molecule has 9 aromatic carbocycles. The molecule has 12 aromatic rings. The molecule has 4 nitrogen and oxygen atoms in total. The van der Waals surface area contributed by atoms with E-state index in [0.717, 1.165) is 65.6 Å². The normalized spacial score (nSPS) is 12.9. The predicted molar refractivity (Wildman–Crippen MR) is 270 cm³/mol. The van der Waals surface area contributed by atoms with Gasteiger partial charge in [0.25, 0.3) is 0 Å². The van der Waals surface area contributed by atoms with E-state index < -0.39 is 0 Å². The Bertz CT molecular complexity index is 3880. The molecule has 13 rings (SSSR count). The van der Waals surface area contributed by atoms with Crippen molar-refractivity contribution in [2.24, 2.45) is 0 Å². The van der Waals surface area contributed by atoms with E-state index in [9.17, 15) is 0 Å². The fraction of sp³-hybridized carbons (Fsp3) is 0.0500. The molecule has 0 amide bonds. The molecular formula is C60H39N3OS. The fourth-order valence-corrected chi connectivity index (χ4v) is 11.4. The lowest BCUT2D eigenvalue weighted by Gasteiger charge is -2.21. The van der Waals surface area contributed by atoms with Crippen LogP contribution in [0.4, 0.5) is 0 Å². The lowest BCUT2D eigenvalue weighted by molar-refractivity contribution is 0.660. The first-order valence-electron chi connectivity index (χ1n) is 22.1. The van der Waals surface area contributed by atoms with Crippen molar-refractivity contribution in [1.82, 2.24) is 15.0 Å². The quantitative estimate of drug-likeness (QED) is 0.167. The SMILES string of the molecule is CC1(C)c2ccccc2-c2c(-c3cccc(-c4ccc5oc6cccc(-c7nc(-c8cccc(-c9ccccc9)c8)nc(-c8cccc9c8sc8ccccc89)n7)c6c5c4)c3)cccc21. The minimum atomic E-state index is -0.0666. The maximum Gasteiger partial charge on any atom is 0.165 e. The molecule has 3 aromatic heterocycles. The average molecular weight is 850 g/mol. The van der Waals surface area contributed by atoms with Gasteiger partial charge in [0.05, 0.1) is 0 Å². The summed E-state index contributed by atoms with van der Waals surface area (Å²) in [5.41, 5.74) is 16.6. The van der Waals surface area contributed by atoms with E-state index in [0.29, 0.717) is 17.5 Å². The van der Waals surface area contributed by atoms with E-state index in [1.165, 1.54) is 48.9 Å². The van der Waals surface area contributed by atoms with Crippen LogP contribution in [0, 0.1) is 0 Å². The van der Waals surface area contributed by atoms with E-state index in [4.69, 9.17) is 19.4 Å². The Morgan fingerprint density at radius 3 is 1.86 bits per heavy atom. The average Bonchev–Trinajstić information content (AvgIpc) is 4.01. The minimum Gasteiger partial charge on any atom is -0.456 e. The largest absolute Gasteiger partial charge is 0.456 e. The number of fused-ring (bicyclic) bond motifs is 9. The van der Waals surface area contributed by atoms with Gasteiger partial charge in [-0.15, -0.1) is 11.3 Å². The van der Waals surface area contributed by atoms with Gasteiger partial charge in [0.15, 0.2) is 17.5 Å². The van der Waals surface area contributed by atoms with Crippen LogP contribution in [0.25, 0.3) is 121 Å². The minimum absolute atomic E-state index is 0.0666. The summed E-state index contributed by atoms with van der Waals surface area (Å²) in [4.78, 5) is 15.9. The Balaban J connectivity index is 0.983. The molecule has 0 saturated carbocycles. The number of rotatable bonds is 6. The third-order valence-electron chi connectivity index (χ3n) is 13.4. The zero-order chi connectivity index (χ0) is 43.2. The lowest BCUT2D eigenvalue weighted by atomic mass is 9.82. The maximum absolute atomic E-state index is 6.62. The number of hydrogen-bond donors (Lipinski definition) is 0. The van der Waals surface area contributed by atoms with Crippen molar-refractivity contribution < 1.29 is 4.42 Å². The van der Waals surface area contributed by atoms with Crippen molar-refractivity contribution in [1.29, 1.82) is 0 Å². The Morgan fingerprint density at radius 2 is 0.969 bits per heavy atom. The van der Waals surface area contributed by atoms with Gasteiger partial charge in [-0.05, 0) is 98.1 Å². The first-order valence-corrected chi connectivity index (χ1v) is 22.9. The van der Waals surface area contributed by atoms with Gasteiger partial charge in [0.1, 0.15) is 11.2 Å². The molecule has 0 aliphatic heterocycles. The summed E-state index contributed by atoms with van der Waals surface area (Å²) in [6, 6.07) is 71.3. The van der Waals surface area contributed by atoms with Gasteiger partial charge in [-0.1, -0.05) is 172 Å². The number of furan rings is 1. The molecule has 0 saturated heterocycles. The molecule has 0 bridgehead atoms. The van der Waals surface area contributed by atoms with Crippen LogP contribution in [0.5, 0.6) is 0 Å². The highest BCUT2D eigenvalue weighted by Gasteiger charge is 2.36. The summed E-state index contributed by atoms with van der Waals surface area (Å²) >= 11 is 1.78. The van der Waals surface area contributed by atoms with Gasteiger partial charge in [-0.2, -0.15) is 0 Å². The first kappa shape index (κ1) is 37.6. The second-order valence-corrected chi connectivity index (χ2v) is 18.6. The second-order valence-electron chi connectivity index (χ2n) is 17.5. The smallest absolute Gasteiger partial charge is 0.165 e. The highest BCUT2D eigenvalue weighted by atomic mass is 32.1.